The molecular weight excluding hydrogens is 416 g/mol. The number of nitrogens with one attached hydrogen (secondary N) is 1. The summed E-state index contributed by atoms with van der Waals surface area (Å²) < 4.78 is 5.02. The lowest BCUT2D eigenvalue weighted by atomic mass is 9.81. The molecule has 10 heteroatoms. The molecule has 3 aliphatic rings. The molecule has 2 atom stereocenters. The zero-order valence-corrected chi connectivity index (χ0v) is 18.1. The number of ether oxygens (including phenoxy) is 1. The fourth-order valence-corrected chi connectivity index (χ4v) is 4.99. The topological polar surface area (TPSA) is 122 Å². The molecule has 2 aliphatic heterocycles. The first-order chi connectivity index (χ1) is 15.4. The van der Waals surface area contributed by atoms with Crippen molar-refractivity contribution in [1.82, 2.24) is 4.90 Å². The second-order valence-electron chi connectivity index (χ2n) is 8.57. The van der Waals surface area contributed by atoms with Crippen molar-refractivity contribution in [3.05, 3.63) is 28.3 Å². The third-order valence-corrected chi connectivity index (χ3v) is 6.66. The van der Waals surface area contributed by atoms with E-state index in [2.05, 4.69) is 5.32 Å². The SMILES string of the molecule is CCOC(=O)N1CCC(Nc2ccc(N3C(=O)[C@H]4CCCC[C@@H]4C3=O)cc2[N+](=O)[O-])CC1. The predicted octanol–water partition coefficient (Wildman–Crippen LogP) is 3.31. The molecule has 2 saturated heterocycles. The highest BCUT2D eigenvalue weighted by molar-refractivity contribution is 6.22. The second kappa shape index (κ2) is 9.13. The minimum absolute atomic E-state index is 0.0388. The lowest BCUT2D eigenvalue weighted by Crippen LogP contribution is -2.42. The van der Waals surface area contributed by atoms with Gasteiger partial charge in [0.1, 0.15) is 5.69 Å². The van der Waals surface area contributed by atoms with Crippen LogP contribution in [0.5, 0.6) is 0 Å². The van der Waals surface area contributed by atoms with Gasteiger partial charge in [0.25, 0.3) is 5.69 Å². The van der Waals surface area contributed by atoms with Crippen molar-refractivity contribution in [3.63, 3.8) is 0 Å². The number of hydrogen-bond donors (Lipinski definition) is 1. The summed E-state index contributed by atoms with van der Waals surface area (Å²) in [5.74, 6) is -1.11. The number of carbonyl (C=O) groups excluding carboxylic acids is 3. The number of imide groups is 1. The molecule has 3 amide bonds. The normalized spacial score (nSPS) is 23.8. The van der Waals surface area contributed by atoms with E-state index in [9.17, 15) is 24.5 Å². The van der Waals surface area contributed by atoms with Gasteiger partial charge in [-0.3, -0.25) is 19.7 Å². The molecule has 1 saturated carbocycles. The zero-order chi connectivity index (χ0) is 22.8. The van der Waals surface area contributed by atoms with Crippen molar-refractivity contribution in [2.24, 2.45) is 11.8 Å². The third kappa shape index (κ3) is 4.13. The molecule has 32 heavy (non-hydrogen) atoms. The lowest BCUT2D eigenvalue weighted by Gasteiger charge is -2.32. The first kappa shape index (κ1) is 22.0. The molecule has 0 aromatic heterocycles. The molecule has 1 aliphatic carbocycles. The number of benzene rings is 1. The van der Waals surface area contributed by atoms with Crippen molar-refractivity contribution in [3.8, 4) is 0 Å². The van der Waals surface area contributed by atoms with Gasteiger partial charge in [0, 0.05) is 25.2 Å². The highest BCUT2D eigenvalue weighted by Gasteiger charge is 2.49. The van der Waals surface area contributed by atoms with Crippen LogP contribution in [0.3, 0.4) is 0 Å². The second-order valence-corrected chi connectivity index (χ2v) is 8.57. The molecule has 10 nitrogen and oxygen atoms in total. The van der Waals surface area contributed by atoms with Gasteiger partial charge in [0.05, 0.1) is 29.1 Å². The summed E-state index contributed by atoms with van der Waals surface area (Å²) in [6.45, 7) is 3.08. The maximum Gasteiger partial charge on any atom is 0.409 e. The molecule has 4 rings (SSSR count). The zero-order valence-electron chi connectivity index (χ0n) is 18.1. The third-order valence-electron chi connectivity index (χ3n) is 6.66. The highest BCUT2D eigenvalue weighted by atomic mass is 16.6. The molecule has 2 heterocycles. The minimum Gasteiger partial charge on any atom is -0.450 e. The number of likely N-dealkylation sites (tertiary alicyclic amines) is 1. The monoisotopic (exact) mass is 444 g/mol. The number of anilines is 2. The number of amides is 3. The Morgan fingerprint density at radius 1 is 1.12 bits per heavy atom. The van der Waals surface area contributed by atoms with E-state index in [1.807, 2.05) is 0 Å². The van der Waals surface area contributed by atoms with Gasteiger partial charge in [0.15, 0.2) is 0 Å². The first-order valence-electron chi connectivity index (χ1n) is 11.2. The summed E-state index contributed by atoms with van der Waals surface area (Å²) in [5, 5.41) is 15.0. The average Bonchev–Trinajstić information content (AvgIpc) is 3.05. The molecule has 0 unspecified atom stereocenters. The van der Waals surface area contributed by atoms with Gasteiger partial charge < -0.3 is 15.0 Å². The standard InChI is InChI=1S/C22H28N4O6/c1-2-32-22(29)24-11-9-14(10-12-24)23-18-8-7-15(13-19(18)26(30)31)25-20(27)16-5-3-4-6-17(16)21(25)28/h7-8,13-14,16-17,23H,2-6,9-12H2,1H3/t16-,17-/m0/s1. The van der Waals surface area contributed by atoms with E-state index in [1.54, 1.807) is 24.0 Å². The molecule has 1 aromatic carbocycles. The molecule has 0 spiro atoms. The van der Waals surface area contributed by atoms with Crippen LogP contribution in [0.2, 0.25) is 0 Å². The highest BCUT2D eigenvalue weighted by Crippen LogP contribution is 2.41. The van der Waals surface area contributed by atoms with Gasteiger partial charge >= 0.3 is 6.09 Å². The average molecular weight is 444 g/mol. The Morgan fingerprint density at radius 2 is 1.75 bits per heavy atom. The number of nitro benzene ring substituents is 1. The fourth-order valence-electron chi connectivity index (χ4n) is 4.99. The van der Waals surface area contributed by atoms with Crippen molar-refractivity contribution in [1.29, 1.82) is 0 Å². The van der Waals surface area contributed by atoms with Gasteiger partial charge in [-0.1, -0.05) is 12.8 Å². The van der Waals surface area contributed by atoms with Crippen LogP contribution in [0.4, 0.5) is 21.9 Å². The Hall–Kier alpha value is -3.17. The molecule has 1 aromatic rings. The van der Waals surface area contributed by atoms with Gasteiger partial charge in [0.2, 0.25) is 11.8 Å². The summed E-state index contributed by atoms with van der Waals surface area (Å²) >= 11 is 0. The summed E-state index contributed by atoms with van der Waals surface area (Å²) in [5.41, 5.74) is 0.416. The van der Waals surface area contributed by atoms with Crippen LogP contribution in [0.1, 0.15) is 45.4 Å². The van der Waals surface area contributed by atoms with Gasteiger partial charge in [-0.15, -0.1) is 0 Å². The van der Waals surface area contributed by atoms with Gasteiger partial charge in [-0.05, 0) is 44.7 Å². The largest absolute Gasteiger partial charge is 0.450 e. The van der Waals surface area contributed by atoms with Crippen LogP contribution in [0.15, 0.2) is 18.2 Å². The summed E-state index contributed by atoms with van der Waals surface area (Å²) in [6, 6.07) is 4.43. The Balaban J connectivity index is 1.48. The molecule has 3 fully saturated rings. The van der Waals surface area contributed by atoms with Crippen LogP contribution in [0, 0.1) is 22.0 Å². The Bertz CT molecular complexity index is 903. The van der Waals surface area contributed by atoms with Crippen molar-refractivity contribution < 1.29 is 24.0 Å². The maximum atomic E-state index is 12.8. The van der Waals surface area contributed by atoms with Crippen LogP contribution < -0.4 is 10.2 Å². The first-order valence-corrected chi connectivity index (χ1v) is 11.2. The summed E-state index contributed by atoms with van der Waals surface area (Å²) in [7, 11) is 0. The van der Waals surface area contributed by atoms with Gasteiger partial charge in [-0.2, -0.15) is 0 Å². The summed E-state index contributed by atoms with van der Waals surface area (Å²) in [6.07, 6.45) is 4.14. The van der Waals surface area contributed by atoms with Gasteiger partial charge in [-0.25, -0.2) is 9.69 Å². The van der Waals surface area contributed by atoms with E-state index in [1.165, 1.54) is 6.07 Å². The summed E-state index contributed by atoms with van der Waals surface area (Å²) in [4.78, 5) is 51.6. The van der Waals surface area contributed by atoms with E-state index < -0.39 is 4.92 Å². The number of fused-ring (bicyclic) bond motifs is 1. The predicted molar refractivity (Wildman–Crippen MR) is 116 cm³/mol. The molecule has 0 radical (unpaired) electrons. The van der Waals surface area contributed by atoms with Crippen molar-refractivity contribution in [2.45, 2.75) is 51.5 Å². The lowest BCUT2D eigenvalue weighted by molar-refractivity contribution is -0.383. The van der Waals surface area contributed by atoms with E-state index in [0.29, 0.717) is 51.1 Å². The number of nitro groups is 1. The number of hydrogen-bond acceptors (Lipinski definition) is 7. The molecular formula is C22H28N4O6. The molecule has 172 valence electrons. The van der Waals surface area contributed by atoms with Crippen LogP contribution in [-0.2, 0) is 14.3 Å². The Morgan fingerprint density at radius 3 is 2.31 bits per heavy atom. The fraction of sp³-hybridized carbons (Fsp3) is 0.591. The van der Waals surface area contributed by atoms with Crippen molar-refractivity contribution in [2.75, 3.05) is 29.9 Å². The number of carbonyl (C=O) groups is 3. The minimum atomic E-state index is -0.502. The molecule has 1 N–H and O–H groups in total. The van der Waals surface area contributed by atoms with Crippen LogP contribution in [0.25, 0.3) is 0 Å². The number of nitrogens with zero attached hydrogens (tertiary/aromatic N) is 3. The van der Waals surface area contributed by atoms with Crippen LogP contribution >= 0.6 is 0 Å². The van der Waals surface area contributed by atoms with Crippen LogP contribution in [-0.4, -0.2) is 53.5 Å². The van der Waals surface area contributed by atoms with E-state index >= 15 is 0 Å². The molecule has 0 bridgehead atoms. The Labute approximate surface area is 186 Å². The van der Waals surface area contributed by atoms with E-state index in [0.717, 1.165) is 17.7 Å². The van der Waals surface area contributed by atoms with E-state index in [4.69, 9.17) is 4.74 Å². The quantitative estimate of drug-likeness (QED) is 0.420. The van der Waals surface area contributed by atoms with E-state index in [-0.39, 0.29) is 47.2 Å². The number of rotatable bonds is 5. The van der Waals surface area contributed by atoms with Crippen molar-refractivity contribution >= 4 is 35.0 Å². The smallest absolute Gasteiger partial charge is 0.409 e. The maximum absolute atomic E-state index is 12.8. The number of piperidine rings is 1. The Kier molecular flexibility index (Phi) is 6.29.